The molecular weight excluding hydrogens is 287 g/mol. The zero-order valence-corrected chi connectivity index (χ0v) is 13.1. The van der Waals surface area contributed by atoms with Crippen molar-refractivity contribution in [2.45, 2.75) is 45.4 Å². The van der Waals surface area contributed by atoms with Crippen LogP contribution in [0.5, 0.6) is 0 Å². The van der Waals surface area contributed by atoms with Gasteiger partial charge in [0.05, 0.1) is 5.02 Å². The summed E-state index contributed by atoms with van der Waals surface area (Å²) in [6.07, 6.45) is 6.50. The fraction of sp³-hybridized carbons (Fsp3) is 0.471. The van der Waals surface area contributed by atoms with Crippen LogP contribution in [0.15, 0.2) is 12.1 Å². The molecule has 0 bridgehead atoms. The minimum atomic E-state index is -0.402. The molecule has 0 amide bonds. The summed E-state index contributed by atoms with van der Waals surface area (Å²) in [5, 5.41) is 4.49. The van der Waals surface area contributed by atoms with Gasteiger partial charge in [-0.05, 0) is 49.8 Å². The lowest BCUT2D eigenvalue weighted by molar-refractivity contribution is 0.636. The van der Waals surface area contributed by atoms with Crippen molar-refractivity contribution >= 4 is 28.2 Å². The van der Waals surface area contributed by atoms with Gasteiger partial charge in [-0.25, -0.2) is 9.37 Å². The summed E-state index contributed by atoms with van der Waals surface area (Å²) in [7, 11) is 0. The molecule has 1 N–H and O–H groups in total. The van der Waals surface area contributed by atoms with Crippen molar-refractivity contribution in [2.24, 2.45) is 0 Å². The predicted octanol–water partition coefficient (Wildman–Crippen LogP) is 5.12. The maximum atomic E-state index is 14.3. The first-order valence-electron chi connectivity index (χ1n) is 7.75. The number of anilines is 1. The van der Waals surface area contributed by atoms with Crippen LogP contribution in [0.1, 0.15) is 43.9 Å². The summed E-state index contributed by atoms with van der Waals surface area (Å²) in [6, 6.07) is 3.51. The first-order chi connectivity index (χ1) is 10.2. The molecular formula is C17H20ClFN2. The number of fused-ring (bicyclic) bond motifs is 2. The van der Waals surface area contributed by atoms with Crippen molar-refractivity contribution in [1.29, 1.82) is 0 Å². The summed E-state index contributed by atoms with van der Waals surface area (Å²) < 4.78 is 14.3. The highest BCUT2D eigenvalue weighted by Crippen LogP contribution is 2.35. The zero-order chi connectivity index (χ0) is 14.8. The van der Waals surface area contributed by atoms with E-state index < -0.39 is 5.82 Å². The molecule has 0 fully saturated rings. The molecule has 2 aromatic rings. The van der Waals surface area contributed by atoms with Gasteiger partial charge in [-0.1, -0.05) is 24.9 Å². The third-order valence-electron chi connectivity index (χ3n) is 4.13. The lowest BCUT2D eigenvalue weighted by Crippen LogP contribution is -2.08. The third-order valence-corrected chi connectivity index (χ3v) is 4.42. The molecule has 1 aromatic heterocycles. The van der Waals surface area contributed by atoms with E-state index >= 15 is 0 Å². The van der Waals surface area contributed by atoms with Gasteiger partial charge in [0.25, 0.3) is 0 Å². The van der Waals surface area contributed by atoms with Crippen molar-refractivity contribution in [2.75, 3.05) is 11.9 Å². The van der Waals surface area contributed by atoms with E-state index in [0.29, 0.717) is 5.52 Å². The summed E-state index contributed by atoms with van der Waals surface area (Å²) in [4.78, 5) is 4.61. The van der Waals surface area contributed by atoms with Crippen LogP contribution in [-0.4, -0.2) is 11.5 Å². The van der Waals surface area contributed by atoms with Gasteiger partial charge in [0.15, 0.2) is 5.82 Å². The molecule has 0 unspecified atom stereocenters. The van der Waals surface area contributed by atoms with Crippen LogP contribution in [0, 0.1) is 5.82 Å². The molecule has 0 aliphatic heterocycles. The quantitative estimate of drug-likeness (QED) is 0.796. The van der Waals surface area contributed by atoms with Crippen molar-refractivity contribution in [3.05, 3.63) is 34.2 Å². The number of nitrogens with one attached hydrogen (secondary N) is 1. The topological polar surface area (TPSA) is 24.9 Å². The molecule has 1 heterocycles. The van der Waals surface area contributed by atoms with Gasteiger partial charge in [-0.15, -0.1) is 0 Å². The summed E-state index contributed by atoms with van der Waals surface area (Å²) >= 11 is 5.92. The van der Waals surface area contributed by atoms with Crippen LogP contribution in [0.3, 0.4) is 0 Å². The zero-order valence-electron chi connectivity index (χ0n) is 12.3. The van der Waals surface area contributed by atoms with Crippen LogP contribution in [0.2, 0.25) is 5.02 Å². The van der Waals surface area contributed by atoms with E-state index in [1.54, 1.807) is 6.07 Å². The van der Waals surface area contributed by atoms with Crippen LogP contribution in [0.4, 0.5) is 10.1 Å². The molecule has 0 saturated heterocycles. The molecule has 4 heteroatoms. The monoisotopic (exact) mass is 306 g/mol. The van der Waals surface area contributed by atoms with Gasteiger partial charge >= 0.3 is 0 Å². The van der Waals surface area contributed by atoms with E-state index in [9.17, 15) is 4.39 Å². The van der Waals surface area contributed by atoms with E-state index in [4.69, 9.17) is 11.6 Å². The molecule has 1 aliphatic carbocycles. The average molecular weight is 307 g/mol. The largest absolute Gasteiger partial charge is 0.384 e. The number of rotatable bonds is 3. The Hall–Kier alpha value is -1.35. The Morgan fingerprint density at radius 1 is 1.24 bits per heavy atom. The number of nitrogens with zero attached hydrogens (tertiary/aromatic N) is 1. The molecule has 0 atom stereocenters. The first-order valence-corrected chi connectivity index (χ1v) is 8.13. The SMILES string of the molecule is CCCNc1c2c(nc3c(F)c(Cl)ccc13)CCCCC2. The van der Waals surface area contributed by atoms with E-state index in [1.807, 2.05) is 6.07 Å². The minimum Gasteiger partial charge on any atom is -0.384 e. The number of halogens is 2. The predicted molar refractivity (Wildman–Crippen MR) is 86.8 cm³/mol. The van der Waals surface area contributed by atoms with Crippen LogP contribution >= 0.6 is 11.6 Å². The molecule has 21 heavy (non-hydrogen) atoms. The standard InChI is InChI=1S/C17H20ClFN2/c1-2-10-20-16-11-6-4-3-5-7-14(11)21-17-12(16)8-9-13(18)15(17)19/h8-9H,2-7,10H2,1H3,(H,20,21). The van der Waals surface area contributed by atoms with E-state index in [0.717, 1.165) is 49.0 Å². The smallest absolute Gasteiger partial charge is 0.168 e. The molecule has 0 saturated carbocycles. The maximum Gasteiger partial charge on any atom is 0.168 e. The van der Waals surface area contributed by atoms with Gasteiger partial charge < -0.3 is 5.32 Å². The maximum absolute atomic E-state index is 14.3. The van der Waals surface area contributed by atoms with Crippen molar-refractivity contribution < 1.29 is 4.39 Å². The van der Waals surface area contributed by atoms with Gasteiger partial charge in [0, 0.05) is 23.3 Å². The Morgan fingerprint density at radius 2 is 2.05 bits per heavy atom. The Labute approximate surface area is 129 Å². The fourth-order valence-electron chi connectivity index (χ4n) is 3.06. The Bertz CT molecular complexity index is 670. The highest BCUT2D eigenvalue weighted by Gasteiger charge is 2.19. The number of hydrogen-bond acceptors (Lipinski definition) is 2. The molecule has 1 aliphatic rings. The van der Waals surface area contributed by atoms with E-state index in [1.165, 1.54) is 18.4 Å². The van der Waals surface area contributed by atoms with Crippen molar-refractivity contribution in [3.63, 3.8) is 0 Å². The highest BCUT2D eigenvalue weighted by molar-refractivity contribution is 6.31. The first kappa shape index (κ1) is 14.6. The molecule has 0 radical (unpaired) electrons. The molecule has 1 aromatic carbocycles. The van der Waals surface area contributed by atoms with E-state index in [2.05, 4.69) is 17.2 Å². The second kappa shape index (κ2) is 6.18. The number of hydrogen-bond donors (Lipinski definition) is 1. The number of benzene rings is 1. The second-order valence-corrected chi connectivity index (χ2v) is 6.06. The van der Waals surface area contributed by atoms with Gasteiger partial charge in [0.1, 0.15) is 5.52 Å². The number of aromatic nitrogens is 1. The Morgan fingerprint density at radius 3 is 2.86 bits per heavy atom. The van der Waals surface area contributed by atoms with Crippen LogP contribution in [-0.2, 0) is 12.8 Å². The lowest BCUT2D eigenvalue weighted by Gasteiger charge is -2.17. The third kappa shape index (κ3) is 2.71. The molecule has 112 valence electrons. The van der Waals surface area contributed by atoms with Gasteiger partial charge in [-0.2, -0.15) is 0 Å². The van der Waals surface area contributed by atoms with Crippen molar-refractivity contribution in [3.8, 4) is 0 Å². The lowest BCUT2D eigenvalue weighted by atomic mass is 10.0. The van der Waals surface area contributed by atoms with Gasteiger partial charge in [-0.3, -0.25) is 0 Å². The normalized spacial score (nSPS) is 14.8. The number of aryl methyl sites for hydroxylation is 1. The highest BCUT2D eigenvalue weighted by atomic mass is 35.5. The minimum absolute atomic E-state index is 0.144. The Kier molecular flexibility index (Phi) is 4.29. The fourth-order valence-corrected chi connectivity index (χ4v) is 3.21. The van der Waals surface area contributed by atoms with Crippen LogP contribution in [0.25, 0.3) is 10.9 Å². The Balaban J connectivity index is 2.26. The molecule has 3 rings (SSSR count). The molecule has 2 nitrogen and oxygen atoms in total. The summed E-state index contributed by atoms with van der Waals surface area (Å²) in [5.74, 6) is -0.402. The van der Waals surface area contributed by atoms with Gasteiger partial charge in [0.2, 0.25) is 0 Å². The van der Waals surface area contributed by atoms with Crippen LogP contribution < -0.4 is 5.32 Å². The summed E-state index contributed by atoms with van der Waals surface area (Å²) in [6.45, 7) is 3.02. The molecule has 0 spiro atoms. The average Bonchev–Trinajstić information content (AvgIpc) is 2.73. The van der Waals surface area contributed by atoms with E-state index in [-0.39, 0.29) is 5.02 Å². The second-order valence-electron chi connectivity index (χ2n) is 5.66. The number of pyridine rings is 1. The summed E-state index contributed by atoms with van der Waals surface area (Å²) in [5.41, 5.74) is 3.78. The van der Waals surface area contributed by atoms with Crippen molar-refractivity contribution in [1.82, 2.24) is 4.98 Å².